The number of nitrogens with one attached hydrogen (secondary N) is 1. The van der Waals surface area contributed by atoms with E-state index >= 15 is 0 Å². The van der Waals surface area contributed by atoms with Crippen molar-refractivity contribution in [3.8, 4) is 0 Å². The lowest BCUT2D eigenvalue weighted by Crippen LogP contribution is -2.29. The van der Waals surface area contributed by atoms with E-state index in [9.17, 15) is 0 Å². The van der Waals surface area contributed by atoms with Crippen LogP contribution in [0.4, 0.5) is 0 Å². The highest BCUT2D eigenvalue weighted by Crippen LogP contribution is 2.28. The summed E-state index contributed by atoms with van der Waals surface area (Å²) in [4.78, 5) is 4.03. The van der Waals surface area contributed by atoms with Crippen molar-refractivity contribution < 1.29 is 0 Å². The summed E-state index contributed by atoms with van der Waals surface area (Å²) in [5, 5.41) is 13.9. The number of rotatable bonds is 9. The van der Waals surface area contributed by atoms with E-state index in [1.54, 1.807) is 0 Å². The van der Waals surface area contributed by atoms with Crippen LogP contribution in [0.2, 0.25) is 0 Å². The van der Waals surface area contributed by atoms with Crippen LogP contribution in [0.5, 0.6) is 0 Å². The van der Waals surface area contributed by atoms with Gasteiger partial charge in [-0.3, -0.25) is 9.58 Å². The number of thiophene rings is 1. The molecule has 0 atom stereocenters. The molecule has 0 radical (unpaired) electrons. The van der Waals surface area contributed by atoms with Gasteiger partial charge in [-0.2, -0.15) is 0 Å². The monoisotopic (exact) mass is 305 g/mol. The average molecular weight is 305 g/mol. The van der Waals surface area contributed by atoms with Gasteiger partial charge in [-0.1, -0.05) is 18.2 Å². The van der Waals surface area contributed by atoms with Gasteiger partial charge in [-0.05, 0) is 30.8 Å². The second kappa shape index (κ2) is 7.15. The van der Waals surface area contributed by atoms with Gasteiger partial charge in [-0.25, -0.2) is 0 Å². The molecule has 1 aliphatic rings. The molecule has 3 rings (SSSR count). The highest BCUT2D eigenvalue weighted by Gasteiger charge is 2.28. The van der Waals surface area contributed by atoms with E-state index in [-0.39, 0.29) is 0 Å². The largest absolute Gasteiger partial charge is 0.311 e. The van der Waals surface area contributed by atoms with Gasteiger partial charge in [0.25, 0.3) is 0 Å². The number of hydrogen-bond donors (Lipinski definition) is 1. The smallest absolute Gasteiger partial charge is 0.0964 e. The molecule has 6 heteroatoms. The first-order valence-electron chi connectivity index (χ1n) is 7.71. The van der Waals surface area contributed by atoms with Gasteiger partial charge in [0.1, 0.15) is 0 Å². The molecule has 5 nitrogen and oxygen atoms in total. The Kier molecular flexibility index (Phi) is 5.00. The van der Waals surface area contributed by atoms with Crippen LogP contribution < -0.4 is 5.32 Å². The zero-order valence-electron chi connectivity index (χ0n) is 12.5. The van der Waals surface area contributed by atoms with Gasteiger partial charge in [-0.15, -0.1) is 16.4 Å². The van der Waals surface area contributed by atoms with Crippen LogP contribution in [-0.2, 0) is 19.6 Å². The van der Waals surface area contributed by atoms with Crippen LogP contribution in [0.1, 0.15) is 30.3 Å². The molecule has 1 fully saturated rings. The minimum Gasteiger partial charge on any atom is -0.311 e. The molecular formula is C15H23N5S. The van der Waals surface area contributed by atoms with E-state index in [4.69, 9.17) is 0 Å². The topological polar surface area (TPSA) is 46.0 Å². The fourth-order valence-electron chi connectivity index (χ4n) is 2.45. The first-order chi connectivity index (χ1) is 10.3. The van der Waals surface area contributed by atoms with E-state index in [2.05, 4.69) is 51.2 Å². The summed E-state index contributed by atoms with van der Waals surface area (Å²) in [5.41, 5.74) is 1.02. The third-order valence-electron chi connectivity index (χ3n) is 3.76. The predicted octanol–water partition coefficient (Wildman–Crippen LogP) is 2.11. The summed E-state index contributed by atoms with van der Waals surface area (Å²) in [5.74, 6) is 0. The van der Waals surface area contributed by atoms with Crippen molar-refractivity contribution in [1.82, 2.24) is 25.2 Å². The van der Waals surface area contributed by atoms with Crippen LogP contribution in [0.3, 0.4) is 0 Å². The van der Waals surface area contributed by atoms with Crippen molar-refractivity contribution in [2.75, 3.05) is 13.1 Å². The Morgan fingerprint density at radius 3 is 3.10 bits per heavy atom. The molecule has 0 aliphatic heterocycles. The van der Waals surface area contributed by atoms with Gasteiger partial charge >= 0.3 is 0 Å². The van der Waals surface area contributed by atoms with Gasteiger partial charge in [0.15, 0.2) is 0 Å². The van der Waals surface area contributed by atoms with Crippen molar-refractivity contribution in [1.29, 1.82) is 0 Å². The zero-order chi connectivity index (χ0) is 14.5. The highest BCUT2D eigenvalue weighted by molar-refractivity contribution is 7.09. The number of hydrogen-bond acceptors (Lipinski definition) is 5. The first kappa shape index (κ1) is 14.7. The van der Waals surface area contributed by atoms with Gasteiger partial charge < -0.3 is 5.32 Å². The van der Waals surface area contributed by atoms with Gasteiger partial charge in [0.2, 0.25) is 0 Å². The lowest BCUT2D eigenvalue weighted by atomic mass is 10.4. The molecule has 2 heterocycles. The first-order valence-corrected chi connectivity index (χ1v) is 8.59. The highest BCUT2D eigenvalue weighted by atomic mass is 32.1. The standard InChI is InChI=1S/C15H23N5S/c1-2-16-10-13-11-20(18-17-13)8-7-19(14-5-6-14)12-15-4-3-9-21-15/h3-4,9,11,14,16H,2,5-8,10,12H2,1H3. The van der Waals surface area contributed by atoms with Crippen molar-refractivity contribution in [2.45, 2.75) is 45.4 Å². The quantitative estimate of drug-likeness (QED) is 0.771. The third kappa shape index (κ3) is 4.36. The summed E-state index contributed by atoms with van der Waals surface area (Å²) in [6.45, 7) is 6.90. The summed E-state index contributed by atoms with van der Waals surface area (Å²) >= 11 is 1.85. The predicted molar refractivity (Wildman–Crippen MR) is 85.2 cm³/mol. The minimum absolute atomic E-state index is 0.775. The summed E-state index contributed by atoms with van der Waals surface area (Å²) in [6.07, 6.45) is 4.74. The van der Waals surface area contributed by atoms with Crippen molar-refractivity contribution >= 4 is 11.3 Å². The normalized spacial score (nSPS) is 15.0. The lowest BCUT2D eigenvalue weighted by molar-refractivity contribution is 0.241. The summed E-state index contributed by atoms with van der Waals surface area (Å²) < 4.78 is 1.97. The molecule has 0 unspecified atom stereocenters. The molecule has 21 heavy (non-hydrogen) atoms. The lowest BCUT2D eigenvalue weighted by Gasteiger charge is -2.20. The molecular weight excluding hydrogens is 282 g/mol. The Morgan fingerprint density at radius 2 is 2.38 bits per heavy atom. The minimum atomic E-state index is 0.775. The summed E-state index contributed by atoms with van der Waals surface area (Å²) in [6, 6.07) is 5.14. The maximum atomic E-state index is 4.22. The average Bonchev–Trinajstić information content (AvgIpc) is 3.03. The Hall–Kier alpha value is -1.24. The van der Waals surface area contributed by atoms with Crippen LogP contribution in [0.15, 0.2) is 23.7 Å². The Labute approximate surface area is 130 Å². The van der Waals surface area contributed by atoms with Crippen LogP contribution in [-0.4, -0.2) is 39.0 Å². The molecule has 114 valence electrons. The maximum absolute atomic E-state index is 4.22. The molecule has 0 spiro atoms. The molecule has 1 N–H and O–H groups in total. The van der Waals surface area contributed by atoms with Gasteiger partial charge in [0, 0.05) is 36.8 Å². The maximum Gasteiger partial charge on any atom is 0.0964 e. The van der Waals surface area contributed by atoms with E-state index in [1.807, 2.05) is 16.0 Å². The molecule has 0 amide bonds. The Bertz CT molecular complexity index is 532. The zero-order valence-corrected chi connectivity index (χ0v) is 13.4. The van der Waals surface area contributed by atoms with Crippen LogP contribution in [0, 0.1) is 0 Å². The second-order valence-corrected chi connectivity index (χ2v) is 6.57. The number of aromatic nitrogens is 3. The second-order valence-electron chi connectivity index (χ2n) is 5.53. The molecule has 2 aromatic rings. The molecule has 0 saturated heterocycles. The summed E-state index contributed by atoms with van der Waals surface area (Å²) in [7, 11) is 0. The third-order valence-corrected chi connectivity index (χ3v) is 4.62. The van der Waals surface area contributed by atoms with Crippen LogP contribution >= 0.6 is 11.3 Å². The molecule has 0 aromatic carbocycles. The fraction of sp³-hybridized carbons (Fsp3) is 0.600. The van der Waals surface area contributed by atoms with Crippen molar-refractivity contribution in [2.24, 2.45) is 0 Å². The fourth-order valence-corrected chi connectivity index (χ4v) is 3.18. The Morgan fingerprint density at radius 1 is 1.48 bits per heavy atom. The Balaban J connectivity index is 1.50. The van der Waals surface area contributed by atoms with E-state index in [1.165, 1.54) is 17.7 Å². The molecule has 2 aromatic heterocycles. The molecule has 1 aliphatic carbocycles. The number of nitrogens with zero attached hydrogens (tertiary/aromatic N) is 4. The van der Waals surface area contributed by atoms with Crippen molar-refractivity contribution in [3.05, 3.63) is 34.3 Å². The molecule has 0 bridgehead atoms. The SMILES string of the molecule is CCNCc1cn(CCN(Cc2cccs2)C2CC2)nn1. The van der Waals surface area contributed by atoms with Crippen molar-refractivity contribution in [3.63, 3.8) is 0 Å². The molecule has 1 saturated carbocycles. The van der Waals surface area contributed by atoms with E-state index in [0.717, 1.165) is 44.5 Å². The van der Waals surface area contributed by atoms with E-state index < -0.39 is 0 Å². The van der Waals surface area contributed by atoms with E-state index in [0.29, 0.717) is 0 Å². The van der Waals surface area contributed by atoms with Crippen LogP contribution in [0.25, 0.3) is 0 Å². The van der Waals surface area contributed by atoms with Gasteiger partial charge in [0.05, 0.1) is 12.2 Å².